The van der Waals surface area contributed by atoms with E-state index < -0.39 is 25.0 Å². The lowest BCUT2D eigenvalue weighted by molar-refractivity contribution is -0.146. The van der Waals surface area contributed by atoms with E-state index >= 15 is 0 Å². The van der Waals surface area contributed by atoms with Crippen molar-refractivity contribution in [1.29, 1.82) is 0 Å². The maximum atomic E-state index is 11.3. The Morgan fingerprint density at radius 1 is 1.19 bits per heavy atom. The Morgan fingerprint density at radius 3 is 2.31 bits per heavy atom. The molecule has 0 aromatic heterocycles. The van der Waals surface area contributed by atoms with Crippen molar-refractivity contribution in [2.45, 2.75) is 6.54 Å². The number of hydrogen-bond acceptors (Lipinski definition) is 3. The first-order valence-corrected chi connectivity index (χ1v) is 4.78. The summed E-state index contributed by atoms with van der Waals surface area (Å²) in [7, 11) is 0. The number of carboxylic acid groups (broad SMARTS) is 1. The summed E-state index contributed by atoms with van der Waals surface area (Å²) < 4.78 is 0. The average molecular weight is 223 g/mol. The summed E-state index contributed by atoms with van der Waals surface area (Å²) in [6.07, 6.45) is 0. The number of aliphatic carboxylic acids is 1. The monoisotopic (exact) mass is 223 g/mol. The summed E-state index contributed by atoms with van der Waals surface area (Å²) in [4.78, 5) is 22.9. The van der Waals surface area contributed by atoms with Crippen LogP contribution in [0.3, 0.4) is 0 Å². The molecule has 0 aliphatic carbocycles. The second kappa shape index (κ2) is 5.87. The van der Waals surface area contributed by atoms with E-state index in [0.717, 1.165) is 10.5 Å². The zero-order valence-electron chi connectivity index (χ0n) is 8.67. The van der Waals surface area contributed by atoms with Crippen molar-refractivity contribution in [2.24, 2.45) is 0 Å². The number of rotatable bonds is 5. The van der Waals surface area contributed by atoms with Crippen molar-refractivity contribution in [3.05, 3.63) is 35.9 Å². The highest BCUT2D eigenvalue weighted by Crippen LogP contribution is 2.04. The molecule has 0 saturated carbocycles. The summed E-state index contributed by atoms with van der Waals surface area (Å²) in [5, 5.41) is 17.3. The van der Waals surface area contributed by atoms with E-state index in [1.165, 1.54) is 0 Å². The van der Waals surface area contributed by atoms with Gasteiger partial charge in [-0.1, -0.05) is 30.3 Å². The zero-order chi connectivity index (χ0) is 12.0. The van der Waals surface area contributed by atoms with Gasteiger partial charge in [-0.2, -0.15) is 0 Å². The maximum absolute atomic E-state index is 11.3. The molecule has 0 saturated heterocycles. The van der Waals surface area contributed by atoms with E-state index in [-0.39, 0.29) is 6.54 Å². The lowest BCUT2D eigenvalue weighted by Crippen LogP contribution is -2.36. The van der Waals surface area contributed by atoms with Gasteiger partial charge in [0.1, 0.15) is 13.2 Å². The van der Waals surface area contributed by atoms with Crippen LogP contribution in [0.5, 0.6) is 0 Å². The van der Waals surface area contributed by atoms with Crippen LogP contribution in [-0.2, 0) is 16.1 Å². The molecule has 0 aliphatic heterocycles. The van der Waals surface area contributed by atoms with E-state index in [1.807, 2.05) is 6.07 Å². The quantitative estimate of drug-likeness (QED) is 0.741. The fraction of sp³-hybridized carbons (Fsp3) is 0.273. The largest absolute Gasteiger partial charge is 0.480 e. The standard InChI is InChI=1S/C11H13NO4/c13-8-10(14)12(7-11(15)16)6-9-4-2-1-3-5-9/h1-5,13H,6-8H2,(H,15,16). The van der Waals surface area contributed by atoms with Crippen LogP contribution in [0.25, 0.3) is 0 Å². The van der Waals surface area contributed by atoms with Crippen LogP contribution in [0.2, 0.25) is 0 Å². The number of nitrogens with zero attached hydrogens (tertiary/aromatic N) is 1. The third-order valence-corrected chi connectivity index (χ3v) is 2.03. The second-order valence-corrected chi connectivity index (χ2v) is 3.29. The predicted molar refractivity (Wildman–Crippen MR) is 56.6 cm³/mol. The van der Waals surface area contributed by atoms with Crippen LogP contribution in [0.4, 0.5) is 0 Å². The molecule has 0 unspecified atom stereocenters. The first-order chi connectivity index (χ1) is 7.63. The minimum atomic E-state index is -1.10. The molecule has 0 atom stereocenters. The van der Waals surface area contributed by atoms with E-state index in [4.69, 9.17) is 10.2 Å². The molecule has 0 bridgehead atoms. The molecule has 0 radical (unpaired) electrons. The van der Waals surface area contributed by atoms with Gasteiger partial charge in [0, 0.05) is 6.54 Å². The Morgan fingerprint density at radius 2 is 1.81 bits per heavy atom. The molecule has 5 nitrogen and oxygen atoms in total. The molecule has 0 heterocycles. The zero-order valence-corrected chi connectivity index (χ0v) is 8.67. The van der Waals surface area contributed by atoms with Crippen molar-refractivity contribution < 1.29 is 19.8 Å². The van der Waals surface area contributed by atoms with Crippen molar-refractivity contribution in [3.8, 4) is 0 Å². The summed E-state index contributed by atoms with van der Waals surface area (Å²) >= 11 is 0. The van der Waals surface area contributed by atoms with Crippen LogP contribution >= 0.6 is 0 Å². The summed E-state index contributed by atoms with van der Waals surface area (Å²) in [5.74, 6) is -1.69. The molecular weight excluding hydrogens is 210 g/mol. The fourth-order valence-corrected chi connectivity index (χ4v) is 1.30. The minimum absolute atomic E-state index is 0.187. The van der Waals surface area contributed by atoms with Crippen LogP contribution in [-0.4, -0.2) is 40.1 Å². The van der Waals surface area contributed by atoms with E-state index in [2.05, 4.69) is 0 Å². The van der Waals surface area contributed by atoms with E-state index in [0.29, 0.717) is 0 Å². The summed E-state index contributed by atoms with van der Waals surface area (Å²) in [5.41, 5.74) is 0.825. The smallest absolute Gasteiger partial charge is 0.323 e. The third-order valence-electron chi connectivity index (χ3n) is 2.03. The first kappa shape index (κ1) is 12.2. The summed E-state index contributed by atoms with van der Waals surface area (Å²) in [6, 6.07) is 9.02. The van der Waals surface area contributed by atoms with Gasteiger partial charge < -0.3 is 15.1 Å². The van der Waals surface area contributed by atoms with Crippen molar-refractivity contribution in [2.75, 3.05) is 13.2 Å². The number of amides is 1. The van der Waals surface area contributed by atoms with Gasteiger partial charge in [0.05, 0.1) is 0 Å². The number of benzene rings is 1. The van der Waals surface area contributed by atoms with Crippen LogP contribution < -0.4 is 0 Å². The SMILES string of the molecule is O=C(O)CN(Cc1ccccc1)C(=O)CO. The Labute approximate surface area is 92.9 Å². The van der Waals surface area contributed by atoms with Crippen LogP contribution in [0.15, 0.2) is 30.3 Å². The van der Waals surface area contributed by atoms with Gasteiger partial charge in [-0.15, -0.1) is 0 Å². The highest BCUT2D eigenvalue weighted by molar-refractivity contribution is 5.81. The number of carbonyl (C=O) groups is 2. The topological polar surface area (TPSA) is 77.8 Å². The molecule has 2 N–H and O–H groups in total. The fourth-order valence-electron chi connectivity index (χ4n) is 1.30. The number of hydrogen-bond donors (Lipinski definition) is 2. The van der Waals surface area contributed by atoms with Crippen molar-refractivity contribution in [3.63, 3.8) is 0 Å². The highest BCUT2D eigenvalue weighted by atomic mass is 16.4. The van der Waals surface area contributed by atoms with Crippen LogP contribution in [0.1, 0.15) is 5.56 Å². The van der Waals surface area contributed by atoms with Crippen LogP contribution in [0, 0.1) is 0 Å². The average Bonchev–Trinajstić information content (AvgIpc) is 2.28. The van der Waals surface area contributed by atoms with Gasteiger partial charge in [0.2, 0.25) is 5.91 Å². The Kier molecular flexibility index (Phi) is 4.47. The number of carbonyl (C=O) groups excluding carboxylic acids is 1. The number of aliphatic hydroxyl groups is 1. The molecule has 86 valence electrons. The Balaban J connectivity index is 2.70. The van der Waals surface area contributed by atoms with Crippen molar-refractivity contribution in [1.82, 2.24) is 4.90 Å². The van der Waals surface area contributed by atoms with Gasteiger partial charge in [-0.3, -0.25) is 9.59 Å². The Bertz CT molecular complexity index is 364. The normalized spacial score (nSPS) is 9.81. The lowest BCUT2D eigenvalue weighted by atomic mass is 10.2. The van der Waals surface area contributed by atoms with Crippen molar-refractivity contribution >= 4 is 11.9 Å². The molecule has 1 rings (SSSR count). The molecule has 0 aliphatic rings. The van der Waals surface area contributed by atoms with E-state index in [9.17, 15) is 9.59 Å². The molecule has 0 fully saturated rings. The van der Waals surface area contributed by atoms with Gasteiger partial charge in [0.15, 0.2) is 0 Å². The van der Waals surface area contributed by atoms with Gasteiger partial charge in [0.25, 0.3) is 0 Å². The Hall–Kier alpha value is -1.88. The highest BCUT2D eigenvalue weighted by Gasteiger charge is 2.15. The van der Waals surface area contributed by atoms with E-state index in [1.54, 1.807) is 24.3 Å². The molecule has 0 spiro atoms. The predicted octanol–water partition coefficient (Wildman–Crippen LogP) is 0.0921. The van der Waals surface area contributed by atoms with Gasteiger partial charge in [-0.25, -0.2) is 0 Å². The third kappa shape index (κ3) is 3.70. The first-order valence-electron chi connectivity index (χ1n) is 4.78. The number of aliphatic hydroxyl groups excluding tert-OH is 1. The molecule has 1 amide bonds. The second-order valence-electron chi connectivity index (χ2n) is 3.29. The lowest BCUT2D eigenvalue weighted by Gasteiger charge is -2.19. The molecule has 5 heteroatoms. The molecular formula is C11H13NO4. The number of carboxylic acids is 1. The summed E-state index contributed by atoms with van der Waals surface area (Å²) in [6.45, 7) is -0.902. The maximum Gasteiger partial charge on any atom is 0.323 e. The molecule has 1 aromatic rings. The van der Waals surface area contributed by atoms with Gasteiger partial charge >= 0.3 is 5.97 Å². The van der Waals surface area contributed by atoms with Gasteiger partial charge in [-0.05, 0) is 5.56 Å². The molecule has 16 heavy (non-hydrogen) atoms. The molecule has 1 aromatic carbocycles. The minimum Gasteiger partial charge on any atom is -0.480 e.